The van der Waals surface area contributed by atoms with E-state index in [-0.39, 0.29) is 11.3 Å². The Kier molecular flexibility index (Phi) is 5.51. The van der Waals surface area contributed by atoms with E-state index < -0.39 is 0 Å². The molecule has 4 rings (SSSR count). The van der Waals surface area contributed by atoms with Crippen LogP contribution in [0.25, 0.3) is 28.1 Å². The molecule has 1 N–H and O–H groups in total. The number of fused-ring (bicyclic) bond motifs is 1. The Balaban J connectivity index is 1.42. The van der Waals surface area contributed by atoms with E-state index in [1.165, 1.54) is 27.7 Å². The van der Waals surface area contributed by atoms with Gasteiger partial charge in [0, 0.05) is 17.0 Å². The number of rotatable bonds is 4. The second-order valence-corrected chi connectivity index (χ2v) is 9.15. The van der Waals surface area contributed by atoms with E-state index >= 15 is 0 Å². The van der Waals surface area contributed by atoms with Crippen molar-refractivity contribution in [2.75, 3.05) is 5.32 Å². The Hall–Kier alpha value is -3.24. The number of carbonyl (C=O) groups is 1. The number of hydrogen-bond acceptors (Lipinski definition) is 3. The van der Waals surface area contributed by atoms with E-state index in [2.05, 4.69) is 73.5 Å². The van der Waals surface area contributed by atoms with E-state index in [1.807, 2.05) is 35.7 Å². The summed E-state index contributed by atoms with van der Waals surface area (Å²) in [5, 5.41) is 7.79. The van der Waals surface area contributed by atoms with Gasteiger partial charge in [0.2, 0.25) is 5.91 Å². The van der Waals surface area contributed by atoms with Gasteiger partial charge < -0.3 is 0 Å². The number of thiazole rings is 1. The van der Waals surface area contributed by atoms with Crippen molar-refractivity contribution in [1.82, 2.24) is 4.98 Å². The van der Waals surface area contributed by atoms with Crippen molar-refractivity contribution in [2.45, 2.75) is 26.2 Å². The first-order chi connectivity index (χ1) is 14.4. The predicted octanol–water partition coefficient (Wildman–Crippen LogP) is 6.91. The van der Waals surface area contributed by atoms with E-state index in [9.17, 15) is 4.79 Å². The van der Waals surface area contributed by atoms with E-state index in [0.29, 0.717) is 5.13 Å². The molecule has 0 aliphatic heterocycles. The van der Waals surface area contributed by atoms with Gasteiger partial charge in [0.1, 0.15) is 0 Å². The van der Waals surface area contributed by atoms with Gasteiger partial charge in [0.15, 0.2) is 5.13 Å². The molecule has 3 aromatic carbocycles. The smallest absolute Gasteiger partial charge is 0.250 e. The summed E-state index contributed by atoms with van der Waals surface area (Å²) in [7, 11) is 0. The molecule has 0 aliphatic carbocycles. The maximum atomic E-state index is 12.3. The summed E-state index contributed by atoms with van der Waals surface area (Å²) in [6, 6.07) is 22.8. The molecule has 4 heteroatoms. The summed E-state index contributed by atoms with van der Waals surface area (Å²) in [5.41, 5.74) is 4.29. The Labute approximate surface area is 181 Å². The lowest BCUT2D eigenvalue weighted by Crippen LogP contribution is -2.10. The molecule has 0 unspecified atom stereocenters. The Morgan fingerprint density at radius 2 is 1.70 bits per heavy atom. The monoisotopic (exact) mass is 412 g/mol. The van der Waals surface area contributed by atoms with Crippen molar-refractivity contribution in [3.8, 4) is 11.3 Å². The third-order valence-corrected chi connectivity index (χ3v) is 5.74. The maximum absolute atomic E-state index is 12.3. The predicted molar refractivity (Wildman–Crippen MR) is 128 cm³/mol. The Morgan fingerprint density at radius 3 is 2.43 bits per heavy atom. The number of nitrogens with one attached hydrogen (secondary N) is 1. The number of hydrogen-bond donors (Lipinski definition) is 1. The average molecular weight is 413 g/mol. The summed E-state index contributed by atoms with van der Waals surface area (Å²) in [6.45, 7) is 6.56. The molecule has 0 bridgehead atoms. The highest BCUT2D eigenvalue weighted by atomic mass is 32.1. The van der Waals surface area contributed by atoms with E-state index in [0.717, 1.165) is 16.8 Å². The molecule has 1 amide bonds. The SMILES string of the molecule is CC(C)(C)c1ccc(C=CC(=O)Nc2nc(-c3ccc4ccccc4c3)cs2)cc1. The number of aromatic nitrogens is 1. The minimum Gasteiger partial charge on any atom is -0.298 e. The fourth-order valence-corrected chi connectivity index (χ4v) is 3.95. The molecule has 0 saturated heterocycles. The van der Waals surface area contributed by atoms with Gasteiger partial charge in [-0.25, -0.2) is 4.98 Å². The molecule has 0 spiro atoms. The van der Waals surface area contributed by atoms with Crippen LogP contribution in [0.4, 0.5) is 5.13 Å². The van der Waals surface area contributed by atoms with Crippen LogP contribution in [0.2, 0.25) is 0 Å². The van der Waals surface area contributed by atoms with Crippen molar-refractivity contribution in [3.05, 3.63) is 89.3 Å². The number of carbonyl (C=O) groups excluding carboxylic acids is 1. The van der Waals surface area contributed by atoms with Crippen LogP contribution >= 0.6 is 11.3 Å². The van der Waals surface area contributed by atoms with Crippen molar-refractivity contribution in [2.24, 2.45) is 0 Å². The van der Waals surface area contributed by atoms with Gasteiger partial charge in [-0.15, -0.1) is 11.3 Å². The molecular weight excluding hydrogens is 388 g/mol. The topological polar surface area (TPSA) is 42.0 Å². The molecule has 0 radical (unpaired) electrons. The van der Waals surface area contributed by atoms with Crippen LogP contribution in [-0.4, -0.2) is 10.9 Å². The number of nitrogens with zero attached hydrogens (tertiary/aromatic N) is 1. The highest BCUT2D eigenvalue weighted by molar-refractivity contribution is 7.14. The molecular formula is C26H24N2OS. The molecule has 30 heavy (non-hydrogen) atoms. The summed E-state index contributed by atoms with van der Waals surface area (Å²) in [5.74, 6) is -0.186. The van der Waals surface area contributed by atoms with Gasteiger partial charge in [-0.1, -0.05) is 81.4 Å². The molecule has 3 nitrogen and oxygen atoms in total. The van der Waals surface area contributed by atoms with Crippen molar-refractivity contribution in [3.63, 3.8) is 0 Å². The van der Waals surface area contributed by atoms with Crippen LogP contribution in [0.3, 0.4) is 0 Å². The van der Waals surface area contributed by atoms with Crippen molar-refractivity contribution in [1.29, 1.82) is 0 Å². The number of anilines is 1. The van der Waals surface area contributed by atoms with Gasteiger partial charge in [-0.05, 0) is 39.5 Å². The van der Waals surface area contributed by atoms with Crippen LogP contribution in [-0.2, 0) is 10.2 Å². The number of benzene rings is 3. The lowest BCUT2D eigenvalue weighted by molar-refractivity contribution is -0.111. The zero-order chi connectivity index (χ0) is 21.1. The molecule has 4 aromatic rings. The highest BCUT2D eigenvalue weighted by Gasteiger charge is 2.12. The molecule has 0 atom stereocenters. The lowest BCUT2D eigenvalue weighted by Gasteiger charge is -2.18. The zero-order valence-electron chi connectivity index (χ0n) is 17.3. The minimum absolute atomic E-state index is 0.118. The first-order valence-electron chi connectivity index (χ1n) is 9.93. The third kappa shape index (κ3) is 4.66. The fraction of sp³-hybridized carbons (Fsp3) is 0.154. The molecule has 0 saturated carbocycles. The Bertz CT molecular complexity index is 1210. The molecule has 1 aromatic heterocycles. The third-order valence-electron chi connectivity index (χ3n) is 4.98. The van der Waals surface area contributed by atoms with Gasteiger partial charge in [0.25, 0.3) is 0 Å². The first-order valence-corrected chi connectivity index (χ1v) is 10.8. The Morgan fingerprint density at radius 1 is 0.967 bits per heavy atom. The zero-order valence-corrected chi connectivity index (χ0v) is 18.2. The van der Waals surface area contributed by atoms with Crippen LogP contribution in [0.15, 0.2) is 78.2 Å². The summed E-state index contributed by atoms with van der Waals surface area (Å²) >= 11 is 1.43. The van der Waals surface area contributed by atoms with Crippen LogP contribution in [0.5, 0.6) is 0 Å². The van der Waals surface area contributed by atoms with Gasteiger partial charge >= 0.3 is 0 Å². The second kappa shape index (κ2) is 8.25. The average Bonchev–Trinajstić information content (AvgIpc) is 3.20. The lowest BCUT2D eigenvalue weighted by atomic mass is 9.87. The second-order valence-electron chi connectivity index (χ2n) is 8.29. The van der Waals surface area contributed by atoms with E-state index in [4.69, 9.17) is 0 Å². The standard InChI is InChI=1S/C26H24N2OS/c1-26(2,3)22-13-8-18(9-14-22)10-15-24(29)28-25-27-23(17-30-25)21-12-11-19-6-4-5-7-20(19)16-21/h4-17H,1-3H3,(H,27,28,29). The van der Waals surface area contributed by atoms with Gasteiger partial charge in [-0.2, -0.15) is 0 Å². The summed E-state index contributed by atoms with van der Waals surface area (Å²) in [4.78, 5) is 16.9. The van der Waals surface area contributed by atoms with Gasteiger partial charge in [-0.3, -0.25) is 10.1 Å². The fourth-order valence-electron chi connectivity index (χ4n) is 3.23. The summed E-state index contributed by atoms with van der Waals surface area (Å²) < 4.78 is 0. The molecule has 0 fully saturated rings. The normalized spacial score (nSPS) is 11.8. The van der Waals surface area contributed by atoms with Crippen molar-refractivity contribution < 1.29 is 4.79 Å². The molecule has 1 heterocycles. The molecule has 150 valence electrons. The van der Waals surface area contributed by atoms with Crippen LogP contribution < -0.4 is 5.32 Å². The van der Waals surface area contributed by atoms with E-state index in [1.54, 1.807) is 6.08 Å². The highest BCUT2D eigenvalue weighted by Crippen LogP contribution is 2.28. The van der Waals surface area contributed by atoms with Gasteiger partial charge in [0.05, 0.1) is 5.69 Å². The van der Waals surface area contributed by atoms with Crippen molar-refractivity contribution >= 4 is 39.2 Å². The quantitative estimate of drug-likeness (QED) is 0.370. The minimum atomic E-state index is -0.186. The largest absolute Gasteiger partial charge is 0.298 e. The number of amides is 1. The first kappa shape index (κ1) is 20.0. The van der Waals surface area contributed by atoms with Crippen LogP contribution in [0, 0.1) is 0 Å². The maximum Gasteiger partial charge on any atom is 0.250 e. The molecule has 0 aliphatic rings. The summed E-state index contributed by atoms with van der Waals surface area (Å²) in [6.07, 6.45) is 3.36. The van der Waals surface area contributed by atoms with Crippen LogP contribution in [0.1, 0.15) is 31.9 Å².